The van der Waals surface area contributed by atoms with Gasteiger partial charge in [0.05, 0.1) is 11.2 Å². The van der Waals surface area contributed by atoms with Crippen LogP contribution in [0.4, 0.5) is 0 Å². The van der Waals surface area contributed by atoms with Crippen LogP contribution >= 0.6 is 11.3 Å². The number of nitrogens with zero attached hydrogens (tertiary/aromatic N) is 4. The van der Waals surface area contributed by atoms with E-state index < -0.39 is 0 Å². The lowest BCUT2D eigenvalue weighted by molar-refractivity contribution is 0.758. The van der Waals surface area contributed by atoms with Crippen molar-refractivity contribution < 1.29 is 0 Å². The molecule has 4 nitrogen and oxygen atoms in total. The summed E-state index contributed by atoms with van der Waals surface area (Å²) in [6.07, 6.45) is 0. The van der Waals surface area contributed by atoms with Crippen molar-refractivity contribution in [2.24, 2.45) is 11.8 Å². The monoisotopic (exact) mass is 310 g/mol. The van der Waals surface area contributed by atoms with Crippen LogP contribution in [0.25, 0.3) is 17.2 Å². The zero-order valence-corrected chi connectivity index (χ0v) is 13.7. The van der Waals surface area contributed by atoms with Crippen LogP contribution in [-0.2, 0) is 0 Å². The average Bonchev–Trinajstić information content (AvgIpc) is 3.00. The Morgan fingerprint density at radius 3 is 2.41 bits per heavy atom. The van der Waals surface area contributed by atoms with Crippen molar-refractivity contribution in [3.05, 3.63) is 46.5 Å². The number of benzene rings is 1. The first-order valence-corrected chi connectivity index (χ1v) is 8.52. The van der Waals surface area contributed by atoms with E-state index in [0.29, 0.717) is 17.8 Å². The summed E-state index contributed by atoms with van der Waals surface area (Å²) in [7, 11) is 0. The van der Waals surface area contributed by atoms with Gasteiger partial charge in [-0.25, -0.2) is 14.6 Å². The van der Waals surface area contributed by atoms with Gasteiger partial charge in [0.2, 0.25) is 5.82 Å². The summed E-state index contributed by atoms with van der Waals surface area (Å²) in [6.45, 7) is 6.66. The Balaban J connectivity index is 1.83. The molecule has 1 aliphatic rings. The molecule has 2 atom stereocenters. The molecule has 2 heterocycles. The van der Waals surface area contributed by atoms with Gasteiger partial charge in [-0.3, -0.25) is 0 Å². The van der Waals surface area contributed by atoms with Crippen LogP contribution in [0.5, 0.6) is 0 Å². The fourth-order valence-electron chi connectivity index (χ4n) is 2.98. The molecule has 0 spiro atoms. The first-order valence-electron chi connectivity index (χ1n) is 7.57. The molecule has 0 N–H and O–H groups in total. The van der Waals surface area contributed by atoms with E-state index in [0.717, 1.165) is 23.0 Å². The van der Waals surface area contributed by atoms with Gasteiger partial charge in [0.15, 0.2) is 0 Å². The number of aromatic nitrogens is 4. The zero-order chi connectivity index (χ0) is 15.3. The molecule has 0 radical (unpaired) electrons. The van der Waals surface area contributed by atoms with Crippen LogP contribution in [0.15, 0.2) is 35.2 Å². The maximum absolute atomic E-state index is 4.81. The third kappa shape index (κ3) is 2.16. The van der Waals surface area contributed by atoms with Crippen molar-refractivity contribution in [2.75, 3.05) is 0 Å². The molecule has 0 saturated heterocycles. The van der Waals surface area contributed by atoms with E-state index in [2.05, 4.69) is 50.0 Å². The van der Waals surface area contributed by atoms with E-state index >= 15 is 0 Å². The van der Waals surface area contributed by atoms with Crippen molar-refractivity contribution >= 4 is 11.3 Å². The van der Waals surface area contributed by atoms with Crippen LogP contribution in [-0.4, -0.2) is 19.7 Å². The van der Waals surface area contributed by atoms with Crippen molar-refractivity contribution in [2.45, 2.75) is 26.7 Å². The van der Waals surface area contributed by atoms with Crippen molar-refractivity contribution in [1.29, 1.82) is 0 Å². The smallest absolute Gasteiger partial charge is 0.201 e. The highest BCUT2D eigenvalue weighted by atomic mass is 32.1. The van der Waals surface area contributed by atoms with E-state index in [9.17, 15) is 0 Å². The minimum atomic E-state index is 0.487. The van der Waals surface area contributed by atoms with E-state index in [1.165, 1.54) is 5.56 Å². The lowest BCUT2D eigenvalue weighted by atomic mass is 10.2. The molecule has 1 aliphatic carbocycles. The van der Waals surface area contributed by atoms with Gasteiger partial charge in [-0.15, -0.1) is 16.4 Å². The Bertz CT molecular complexity index is 781. The summed E-state index contributed by atoms with van der Waals surface area (Å²) in [5.41, 5.74) is 5.00. The minimum Gasteiger partial charge on any atom is -0.241 e. The second-order valence-electron chi connectivity index (χ2n) is 6.16. The molecule has 1 saturated carbocycles. The molecule has 112 valence electrons. The maximum atomic E-state index is 4.81. The fraction of sp³-hybridized carbons (Fsp3) is 0.353. The van der Waals surface area contributed by atoms with Crippen LogP contribution in [0.2, 0.25) is 0 Å². The molecule has 3 aromatic rings. The van der Waals surface area contributed by atoms with E-state index in [4.69, 9.17) is 10.1 Å². The van der Waals surface area contributed by atoms with Crippen molar-refractivity contribution in [3.63, 3.8) is 0 Å². The second kappa shape index (κ2) is 5.02. The first kappa shape index (κ1) is 13.6. The largest absolute Gasteiger partial charge is 0.241 e. The summed E-state index contributed by atoms with van der Waals surface area (Å²) < 4.78 is 2.00. The van der Waals surface area contributed by atoms with Crippen LogP contribution in [0, 0.1) is 18.8 Å². The quantitative estimate of drug-likeness (QED) is 0.732. The SMILES string of the molecule is Cc1ccc(-n2nc(-c3cscn3)nc2C2[C@H](C)[C@H]2C)cc1. The molecule has 0 amide bonds. The summed E-state index contributed by atoms with van der Waals surface area (Å²) in [5, 5.41) is 6.73. The molecule has 22 heavy (non-hydrogen) atoms. The Morgan fingerprint density at radius 1 is 1.09 bits per heavy atom. The number of aryl methyl sites for hydroxylation is 1. The lowest BCUT2D eigenvalue weighted by Gasteiger charge is -2.05. The molecule has 0 unspecified atom stereocenters. The van der Waals surface area contributed by atoms with Gasteiger partial charge in [0.25, 0.3) is 0 Å². The molecule has 0 bridgehead atoms. The van der Waals surface area contributed by atoms with Crippen LogP contribution < -0.4 is 0 Å². The molecule has 0 aliphatic heterocycles. The Hall–Kier alpha value is -2.01. The van der Waals surface area contributed by atoms with Gasteiger partial charge in [-0.2, -0.15) is 0 Å². The Morgan fingerprint density at radius 2 is 1.82 bits per heavy atom. The van der Waals surface area contributed by atoms with Gasteiger partial charge in [-0.05, 0) is 30.9 Å². The molecular weight excluding hydrogens is 292 g/mol. The molecular formula is C17H18N4S. The highest BCUT2D eigenvalue weighted by Crippen LogP contribution is 2.53. The number of rotatable bonds is 3. The maximum Gasteiger partial charge on any atom is 0.201 e. The summed E-state index contributed by atoms with van der Waals surface area (Å²) in [5.74, 6) is 3.60. The third-order valence-electron chi connectivity index (χ3n) is 4.69. The Labute approximate surface area is 133 Å². The normalized spacial score (nSPS) is 23.7. The number of hydrogen-bond acceptors (Lipinski definition) is 4. The molecule has 4 rings (SSSR count). The zero-order valence-electron chi connectivity index (χ0n) is 12.9. The Kier molecular flexibility index (Phi) is 3.11. The molecule has 1 fully saturated rings. The number of thiazole rings is 1. The van der Waals surface area contributed by atoms with Gasteiger partial charge in [-0.1, -0.05) is 31.5 Å². The van der Waals surface area contributed by atoms with E-state index in [1.807, 2.05) is 15.6 Å². The van der Waals surface area contributed by atoms with Crippen molar-refractivity contribution in [1.82, 2.24) is 19.7 Å². The molecule has 5 heteroatoms. The first-order chi connectivity index (χ1) is 10.6. The highest BCUT2D eigenvalue weighted by molar-refractivity contribution is 7.07. The summed E-state index contributed by atoms with van der Waals surface area (Å²) in [6, 6.07) is 8.44. The van der Waals surface area contributed by atoms with Gasteiger partial charge < -0.3 is 0 Å². The van der Waals surface area contributed by atoms with Crippen molar-refractivity contribution in [3.8, 4) is 17.2 Å². The standard InChI is InChI=1S/C17H18N4S/c1-10-4-6-13(7-5-10)21-17(15-11(2)12(15)3)19-16(20-21)14-8-22-9-18-14/h4-9,11-12,15H,1-3H3/t11-,12-/m1/s1. The number of hydrogen-bond donors (Lipinski definition) is 0. The van der Waals surface area contributed by atoms with E-state index in [-0.39, 0.29) is 0 Å². The highest BCUT2D eigenvalue weighted by Gasteiger charge is 2.47. The topological polar surface area (TPSA) is 43.6 Å². The van der Waals surface area contributed by atoms with Crippen LogP contribution in [0.3, 0.4) is 0 Å². The average molecular weight is 310 g/mol. The van der Waals surface area contributed by atoms with Gasteiger partial charge in [0.1, 0.15) is 11.5 Å². The summed E-state index contributed by atoms with van der Waals surface area (Å²) in [4.78, 5) is 9.16. The third-order valence-corrected chi connectivity index (χ3v) is 5.28. The predicted molar refractivity (Wildman–Crippen MR) is 88.3 cm³/mol. The molecule has 1 aromatic carbocycles. The van der Waals surface area contributed by atoms with E-state index in [1.54, 1.807) is 11.3 Å². The molecule has 2 aromatic heterocycles. The van der Waals surface area contributed by atoms with Crippen LogP contribution in [0.1, 0.15) is 31.2 Å². The predicted octanol–water partition coefficient (Wildman–Crippen LogP) is 4.07. The second-order valence-corrected chi connectivity index (χ2v) is 6.88. The minimum absolute atomic E-state index is 0.487. The lowest BCUT2D eigenvalue weighted by Crippen LogP contribution is -2.03. The van der Waals surface area contributed by atoms with Gasteiger partial charge >= 0.3 is 0 Å². The fourth-order valence-corrected chi connectivity index (χ4v) is 3.51. The van der Waals surface area contributed by atoms with Gasteiger partial charge in [0, 0.05) is 11.3 Å². The summed E-state index contributed by atoms with van der Waals surface area (Å²) >= 11 is 1.57.